The number of ether oxygens (including phenoxy) is 2. The van der Waals surface area contributed by atoms with Crippen molar-refractivity contribution in [2.24, 2.45) is 17.3 Å². The second-order valence-electron chi connectivity index (χ2n) is 6.90. The summed E-state index contributed by atoms with van der Waals surface area (Å²) in [6.45, 7) is 6.63. The molecule has 0 unspecified atom stereocenters. The van der Waals surface area contributed by atoms with E-state index >= 15 is 0 Å². The van der Waals surface area contributed by atoms with Crippen molar-refractivity contribution < 1.29 is 14.3 Å². The zero-order chi connectivity index (χ0) is 13.8. The van der Waals surface area contributed by atoms with Crippen molar-refractivity contribution in [3.63, 3.8) is 0 Å². The number of likely N-dealkylation sites (tertiary alicyclic amines) is 1. The molecule has 0 bridgehead atoms. The van der Waals surface area contributed by atoms with Crippen LogP contribution in [-0.4, -0.2) is 47.3 Å². The van der Waals surface area contributed by atoms with Crippen LogP contribution in [0.5, 0.6) is 0 Å². The molecule has 0 aromatic rings. The average molecular weight is 379 g/mol. The molecule has 0 aromatic carbocycles. The lowest BCUT2D eigenvalue weighted by Crippen LogP contribution is -2.44. The fraction of sp³-hybridized carbons (Fsp3) is 0.929. The predicted octanol–water partition coefficient (Wildman–Crippen LogP) is 2.06. The van der Waals surface area contributed by atoms with Gasteiger partial charge in [-0.15, -0.1) is 0 Å². The van der Waals surface area contributed by atoms with E-state index in [-0.39, 0.29) is 23.2 Å². The summed E-state index contributed by atoms with van der Waals surface area (Å²) in [5.41, 5.74) is 0.0854. The topological polar surface area (TPSA) is 38.8 Å². The van der Waals surface area contributed by atoms with Crippen molar-refractivity contribution in [1.82, 2.24) is 4.90 Å². The van der Waals surface area contributed by atoms with E-state index < -0.39 is 5.79 Å². The van der Waals surface area contributed by atoms with E-state index in [0.29, 0.717) is 3.92 Å². The monoisotopic (exact) mass is 379 g/mol. The summed E-state index contributed by atoms with van der Waals surface area (Å²) < 4.78 is 12.4. The second-order valence-corrected chi connectivity index (χ2v) is 8.24. The van der Waals surface area contributed by atoms with Crippen LogP contribution in [0.2, 0.25) is 0 Å². The molecule has 3 rings (SSSR count). The summed E-state index contributed by atoms with van der Waals surface area (Å²) in [5, 5.41) is 0. The number of nitrogens with zero attached hydrogens (tertiary/aromatic N) is 1. The van der Waals surface area contributed by atoms with Gasteiger partial charge in [-0.1, -0.05) is 36.4 Å². The zero-order valence-corrected chi connectivity index (χ0v) is 14.0. The van der Waals surface area contributed by atoms with Crippen LogP contribution >= 0.6 is 22.6 Å². The Hall–Kier alpha value is 0.120. The lowest BCUT2D eigenvalue weighted by molar-refractivity contribution is -0.251. The van der Waals surface area contributed by atoms with Gasteiger partial charge in [0.25, 0.3) is 0 Å². The number of halogens is 1. The van der Waals surface area contributed by atoms with Crippen molar-refractivity contribution in [1.29, 1.82) is 0 Å². The van der Waals surface area contributed by atoms with Crippen LogP contribution in [0.1, 0.15) is 26.7 Å². The highest BCUT2D eigenvalue weighted by Gasteiger charge is 2.72. The van der Waals surface area contributed by atoms with Crippen molar-refractivity contribution >= 4 is 28.5 Å². The maximum atomic E-state index is 12.3. The van der Waals surface area contributed by atoms with Gasteiger partial charge in [0.05, 0.1) is 17.1 Å². The fourth-order valence-corrected chi connectivity index (χ4v) is 4.83. The van der Waals surface area contributed by atoms with Gasteiger partial charge < -0.3 is 14.4 Å². The number of piperidine rings is 1. The molecule has 2 aliphatic heterocycles. The molecule has 108 valence electrons. The molecule has 2 saturated heterocycles. The van der Waals surface area contributed by atoms with Crippen molar-refractivity contribution in [3.05, 3.63) is 0 Å². The van der Waals surface area contributed by atoms with Crippen LogP contribution in [-0.2, 0) is 14.3 Å². The van der Waals surface area contributed by atoms with Crippen LogP contribution in [0.15, 0.2) is 0 Å². The van der Waals surface area contributed by atoms with E-state index in [1.165, 1.54) is 0 Å². The Labute approximate surface area is 128 Å². The Balaban J connectivity index is 1.72. The van der Waals surface area contributed by atoms with E-state index in [1.807, 2.05) is 11.9 Å². The van der Waals surface area contributed by atoms with Crippen LogP contribution in [0.4, 0.5) is 0 Å². The van der Waals surface area contributed by atoms with Crippen molar-refractivity contribution in [2.45, 2.75) is 36.4 Å². The minimum absolute atomic E-state index is 0.0851. The number of rotatable bonds is 1. The van der Waals surface area contributed by atoms with Gasteiger partial charge in [-0.25, -0.2) is 0 Å². The first-order valence-electron chi connectivity index (χ1n) is 7.04. The van der Waals surface area contributed by atoms with E-state index in [0.717, 1.165) is 32.6 Å². The maximum absolute atomic E-state index is 12.3. The molecule has 2 heterocycles. The number of carbonyl (C=O) groups excluding carboxylic acids is 1. The molecule has 1 saturated carbocycles. The zero-order valence-electron chi connectivity index (χ0n) is 11.8. The van der Waals surface area contributed by atoms with E-state index in [2.05, 4.69) is 36.4 Å². The summed E-state index contributed by atoms with van der Waals surface area (Å²) in [5.74, 6) is 0.113. The van der Waals surface area contributed by atoms with Gasteiger partial charge in [0.15, 0.2) is 5.79 Å². The molecular formula is C14H22INO3. The first kappa shape index (κ1) is 14.1. The van der Waals surface area contributed by atoms with Crippen LogP contribution < -0.4 is 0 Å². The maximum Gasteiger partial charge on any atom is 0.225 e. The van der Waals surface area contributed by atoms with Crippen LogP contribution in [0, 0.1) is 17.3 Å². The van der Waals surface area contributed by atoms with Crippen LogP contribution in [0.3, 0.4) is 0 Å². The molecule has 3 fully saturated rings. The van der Waals surface area contributed by atoms with Gasteiger partial charge in [-0.2, -0.15) is 0 Å². The lowest BCUT2D eigenvalue weighted by Gasteiger charge is -2.37. The molecule has 3 aliphatic rings. The molecule has 3 atom stereocenters. The fourth-order valence-electron chi connectivity index (χ4n) is 3.26. The highest BCUT2D eigenvalue weighted by atomic mass is 127. The number of amides is 1. The molecule has 1 amide bonds. The number of alkyl halides is 1. The normalized spacial score (nSPS) is 40.5. The molecule has 0 aromatic heterocycles. The lowest BCUT2D eigenvalue weighted by atomic mass is 9.91. The molecule has 1 spiro atoms. The number of hydrogen-bond donors (Lipinski definition) is 0. The first-order chi connectivity index (χ1) is 8.87. The Bertz CT molecular complexity index is 388. The standard InChI is InChI=1S/C14H22INO3/c1-13(2)7-18-14(19-8-13)10(11(14)15)9-5-4-6-16(3)12(9)17/h9-11H,4-8H2,1-3H3/t9-,10-,11+/m0/s1. The summed E-state index contributed by atoms with van der Waals surface area (Å²) in [6, 6.07) is 0. The average Bonchev–Trinajstić information content (AvgIpc) is 2.92. The highest BCUT2D eigenvalue weighted by molar-refractivity contribution is 14.1. The van der Waals surface area contributed by atoms with Gasteiger partial charge in [-0.05, 0) is 12.8 Å². The third-order valence-electron chi connectivity index (χ3n) is 4.57. The minimum Gasteiger partial charge on any atom is -0.348 e. The molecule has 0 radical (unpaired) electrons. The molecule has 4 nitrogen and oxygen atoms in total. The van der Waals surface area contributed by atoms with Gasteiger partial charge in [0, 0.05) is 30.8 Å². The molecule has 5 heteroatoms. The first-order valence-corrected chi connectivity index (χ1v) is 8.29. The number of hydrogen-bond acceptors (Lipinski definition) is 3. The largest absolute Gasteiger partial charge is 0.348 e. The molecular weight excluding hydrogens is 357 g/mol. The van der Waals surface area contributed by atoms with Crippen LogP contribution in [0.25, 0.3) is 0 Å². The second kappa shape index (κ2) is 4.56. The highest BCUT2D eigenvalue weighted by Crippen LogP contribution is 2.61. The molecule has 19 heavy (non-hydrogen) atoms. The SMILES string of the molecule is CN1CCC[C@@H]([C@H]2[C@@H](I)C23OCC(C)(C)CO3)C1=O. The van der Waals surface area contributed by atoms with Gasteiger partial charge in [0.1, 0.15) is 0 Å². The Kier molecular flexibility index (Phi) is 3.38. The number of carbonyl (C=O) groups is 1. The van der Waals surface area contributed by atoms with E-state index in [4.69, 9.17) is 9.47 Å². The Morgan fingerprint density at radius 1 is 1.32 bits per heavy atom. The van der Waals surface area contributed by atoms with Gasteiger partial charge in [-0.3, -0.25) is 4.79 Å². The van der Waals surface area contributed by atoms with Crippen molar-refractivity contribution in [2.75, 3.05) is 26.8 Å². The summed E-state index contributed by atoms with van der Waals surface area (Å²) in [4.78, 5) is 14.2. The van der Waals surface area contributed by atoms with E-state index in [1.54, 1.807) is 0 Å². The predicted molar refractivity (Wildman–Crippen MR) is 80.1 cm³/mol. The van der Waals surface area contributed by atoms with E-state index in [9.17, 15) is 4.79 Å². The Morgan fingerprint density at radius 2 is 1.95 bits per heavy atom. The summed E-state index contributed by atoms with van der Waals surface area (Å²) in [7, 11) is 1.90. The smallest absolute Gasteiger partial charge is 0.225 e. The molecule has 0 N–H and O–H groups in total. The minimum atomic E-state index is -0.478. The van der Waals surface area contributed by atoms with Crippen molar-refractivity contribution in [3.8, 4) is 0 Å². The third-order valence-corrected chi connectivity index (χ3v) is 6.21. The summed E-state index contributed by atoms with van der Waals surface area (Å²) in [6.07, 6.45) is 2.07. The summed E-state index contributed by atoms with van der Waals surface area (Å²) >= 11 is 2.40. The van der Waals surface area contributed by atoms with Gasteiger partial charge >= 0.3 is 0 Å². The third kappa shape index (κ3) is 2.21. The van der Waals surface area contributed by atoms with Gasteiger partial charge in [0.2, 0.25) is 5.91 Å². The quantitative estimate of drug-likeness (QED) is 0.517. The molecule has 1 aliphatic carbocycles. The Morgan fingerprint density at radius 3 is 2.58 bits per heavy atom.